The van der Waals surface area contributed by atoms with Crippen molar-refractivity contribution in [1.82, 2.24) is 5.32 Å². The molecule has 1 amide bonds. The number of carboxylic acid groups (broad SMARTS) is 1. The first-order chi connectivity index (χ1) is 12.1. The van der Waals surface area contributed by atoms with Crippen LogP contribution in [0, 0.1) is 5.92 Å². The van der Waals surface area contributed by atoms with Gasteiger partial charge in [-0.05, 0) is 17.5 Å². The summed E-state index contributed by atoms with van der Waals surface area (Å²) in [5.41, 5.74) is 1.99. The first-order valence-electron chi connectivity index (χ1n) is 8.30. The third-order valence-corrected chi connectivity index (χ3v) is 3.80. The molecule has 2 aromatic rings. The standard InChI is InChI=1S/C20H23NO4/c22-19(11-12-25-15-17-9-5-2-6-10-17)21-14-18(20(23)24)13-16-7-3-1-4-8-16/h1-10,18H,11-15H2,(H,21,22)(H,23,24). The summed E-state index contributed by atoms with van der Waals surface area (Å²) in [5, 5.41) is 12.0. The van der Waals surface area contributed by atoms with Crippen molar-refractivity contribution in [3.63, 3.8) is 0 Å². The maximum absolute atomic E-state index is 11.8. The molecule has 0 saturated heterocycles. The molecular formula is C20H23NO4. The number of ether oxygens (including phenoxy) is 1. The number of benzene rings is 2. The van der Waals surface area contributed by atoms with Crippen LogP contribution in [0.1, 0.15) is 17.5 Å². The van der Waals surface area contributed by atoms with E-state index in [-0.39, 0.29) is 18.9 Å². The Bertz CT molecular complexity index is 658. The van der Waals surface area contributed by atoms with E-state index in [1.807, 2.05) is 60.7 Å². The summed E-state index contributed by atoms with van der Waals surface area (Å²) < 4.78 is 5.46. The summed E-state index contributed by atoms with van der Waals surface area (Å²) in [6.07, 6.45) is 0.603. The quantitative estimate of drug-likeness (QED) is 0.652. The Hall–Kier alpha value is -2.66. The highest BCUT2D eigenvalue weighted by atomic mass is 16.5. The predicted octanol–water partition coefficient (Wildman–Crippen LogP) is 2.65. The molecule has 0 fully saturated rings. The first-order valence-corrected chi connectivity index (χ1v) is 8.30. The van der Waals surface area contributed by atoms with Gasteiger partial charge in [0.2, 0.25) is 5.91 Å². The largest absolute Gasteiger partial charge is 0.481 e. The van der Waals surface area contributed by atoms with E-state index in [0.717, 1.165) is 11.1 Å². The Labute approximate surface area is 147 Å². The van der Waals surface area contributed by atoms with Crippen LogP contribution in [-0.2, 0) is 27.4 Å². The molecule has 2 rings (SSSR count). The highest BCUT2D eigenvalue weighted by Gasteiger charge is 2.18. The lowest BCUT2D eigenvalue weighted by molar-refractivity contribution is -0.141. The Morgan fingerprint density at radius 3 is 2.16 bits per heavy atom. The number of rotatable bonds is 10. The van der Waals surface area contributed by atoms with Crippen molar-refractivity contribution in [2.45, 2.75) is 19.4 Å². The Morgan fingerprint density at radius 2 is 1.56 bits per heavy atom. The monoisotopic (exact) mass is 341 g/mol. The molecule has 0 aliphatic carbocycles. The van der Waals surface area contributed by atoms with Gasteiger partial charge >= 0.3 is 5.97 Å². The van der Waals surface area contributed by atoms with E-state index >= 15 is 0 Å². The van der Waals surface area contributed by atoms with Crippen LogP contribution in [0.25, 0.3) is 0 Å². The SMILES string of the molecule is O=C(CCOCc1ccccc1)NCC(Cc1ccccc1)C(=O)O. The number of carboxylic acids is 1. The van der Waals surface area contributed by atoms with E-state index in [0.29, 0.717) is 19.6 Å². The van der Waals surface area contributed by atoms with Crippen molar-refractivity contribution in [1.29, 1.82) is 0 Å². The van der Waals surface area contributed by atoms with Crippen molar-refractivity contribution in [3.8, 4) is 0 Å². The van der Waals surface area contributed by atoms with Crippen LogP contribution in [-0.4, -0.2) is 30.1 Å². The smallest absolute Gasteiger partial charge is 0.308 e. The third kappa shape index (κ3) is 7.18. The zero-order chi connectivity index (χ0) is 17.9. The Balaban J connectivity index is 1.67. The minimum atomic E-state index is -0.913. The van der Waals surface area contributed by atoms with Crippen molar-refractivity contribution in [3.05, 3.63) is 71.8 Å². The van der Waals surface area contributed by atoms with Gasteiger partial charge in [-0.3, -0.25) is 9.59 Å². The number of carbonyl (C=O) groups excluding carboxylic acids is 1. The molecule has 0 spiro atoms. The second-order valence-electron chi connectivity index (χ2n) is 5.82. The molecule has 25 heavy (non-hydrogen) atoms. The van der Waals surface area contributed by atoms with Crippen molar-refractivity contribution in [2.24, 2.45) is 5.92 Å². The Kier molecular flexibility index (Phi) is 7.66. The van der Waals surface area contributed by atoms with Gasteiger partial charge in [0, 0.05) is 13.0 Å². The highest BCUT2D eigenvalue weighted by Crippen LogP contribution is 2.08. The molecular weight excluding hydrogens is 318 g/mol. The molecule has 132 valence electrons. The fourth-order valence-electron chi connectivity index (χ4n) is 2.40. The average molecular weight is 341 g/mol. The zero-order valence-electron chi connectivity index (χ0n) is 14.1. The molecule has 2 aromatic carbocycles. The number of amides is 1. The lowest BCUT2D eigenvalue weighted by Crippen LogP contribution is -2.34. The summed E-state index contributed by atoms with van der Waals surface area (Å²) in [6.45, 7) is 0.874. The third-order valence-electron chi connectivity index (χ3n) is 3.80. The zero-order valence-corrected chi connectivity index (χ0v) is 14.1. The van der Waals surface area contributed by atoms with Crippen molar-refractivity contribution in [2.75, 3.05) is 13.2 Å². The molecule has 0 heterocycles. The van der Waals surface area contributed by atoms with Gasteiger partial charge in [0.15, 0.2) is 0 Å². The van der Waals surface area contributed by atoms with Crippen LogP contribution < -0.4 is 5.32 Å². The van der Waals surface area contributed by atoms with Gasteiger partial charge in [-0.25, -0.2) is 0 Å². The van der Waals surface area contributed by atoms with E-state index in [1.165, 1.54) is 0 Å². The van der Waals surface area contributed by atoms with Gasteiger partial charge < -0.3 is 15.2 Å². The fraction of sp³-hybridized carbons (Fsp3) is 0.300. The van der Waals surface area contributed by atoms with Crippen LogP contribution in [0.2, 0.25) is 0 Å². The summed E-state index contributed by atoms with van der Waals surface area (Å²) in [4.78, 5) is 23.2. The molecule has 0 radical (unpaired) electrons. The van der Waals surface area contributed by atoms with Crippen LogP contribution >= 0.6 is 0 Å². The van der Waals surface area contributed by atoms with Crippen molar-refractivity contribution < 1.29 is 19.4 Å². The highest BCUT2D eigenvalue weighted by molar-refractivity contribution is 5.77. The maximum Gasteiger partial charge on any atom is 0.308 e. The summed E-state index contributed by atoms with van der Waals surface area (Å²) >= 11 is 0. The van der Waals surface area contributed by atoms with Crippen LogP contribution in [0.4, 0.5) is 0 Å². The lowest BCUT2D eigenvalue weighted by Gasteiger charge is -2.13. The van der Waals surface area contributed by atoms with Crippen molar-refractivity contribution >= 4 is 11.9 Å². The van der Waals surface area contributed by atoms with Crippen LogP contribution in [0.5, 0.6) is 0 Å². The number of aliphatic carboxylic acids is 1. The Morgan fingerprint density at radius 1 is 0.960 bits per heavy atom. The molecule has 0 saturated carbocycles. The molecule has 5 nitrogen and oxygen atoms in total. The van der Waals surface area contributed by atoms with E-state index in [9.17, 15) is 14.7 Å². The predicted molar refractivity (Wildman–Crippen MR) is 95.0 cm³/mol. The van der Waals surface area contributed by atoms with Gasteiger partial charge in [0.1, 0.15) is 0 Å². The second kappa shape index (κ2) is 10.3. The molecule has 0 aliphatic rings. The van der Waals surface area contributed by atoms with Gasteiger partial charge in [0.05, 0.1) is 19.1 Å². The fourth-order valence-corrected chi connectivity index (χ4v) is 2.40. The first kappa shape index (κ1) is 18.7. The lowest BCUT2D eigenvalue weighted by atomic mass is 9.99. The number of hydrogen-bond donors (Lipinski definition) is 2. The minimum Gasteiger partial charge on any atom is -0.481 e. The average Bonchev–Trinajstić information content (AvgIpc) is 2.63. The summed E-state index contributed by atoms with van der Waals surface area (Å²) in [6, 6.07) is 19.1. The summed E-state index contributed by atoms with van der Waals surface area (Å²) in [5.74, 6) is -1.76. The molecule has 0 aliphatic heterocycles. The molecule has 2 N–H and O–H groups in total. The van der Waals surface area contributed by atoms with E-state index in [1.54, 1.807) is 0 Å². The number of carbonyl (C=O) groups is 2. The molecule has 1 unspecified atom stereocenters. The van der Waals surface area contributed by atoms with Crippen LogP contribution in [0.3, 0.4) is 0 Å². The maximum atomic E-state index is 11.8. The van der Waals surface area contributed by atoms with Gasteiger partial charge in [-0.15, -0.1) is 0 Å². The normalized spacial score (nSPS) is 11.7. The van der Waals surface area contributed by atoms with Gasteiger partial charge in [-0.2, -0.15) is 0 Å². The molecule has 0 bridgehead atoms. The molecule has 1 atom stereocenters. The van der Waals surface area contributed by atoms with Gasteiger partial charge in [0.25, 0.3) is 0 Å². The summed E-state index contributed by atoms with van der Waals surface area (Å²) in [7, 11) is 0. The van der Waals surface area contributed by atoms with Crippen LogP contribution in [0.15, 0.2) is 60.7 Å². The van der Waals surface area contributed by atoms with E-state index in [4.69, 9.17) is 4.74 Å². The second-order valence-corrected chi connectivity index (χ2v) is 5.82. The van der Waals surface area contributed by atoms with Gasteiger partial charge in [-0.1, -0.05) is 60.7 Å². The topological polar surface area (TPSA) is 75.6 Å². The molecule has 5 heteroatoms. The minimum absolute atomic E-state index is 0.113. The van der Waals surface area contributed by atoms with E-state index in [2.05, 4.69) is 5.32 Å². The molecule has 0 aromatic heterocycles. The van der Waals surface area contributed by atoms with E-state index < -0.39 is 11.9 Å². The number of hydrogen-bond acceptors (Lipinski definition) is 3. The number of nitrogens with one attached hydrogen (secondary N) is 1.